The molecule has 1 aromatic heterocycles. The minimum atomic E-state index is 0.679. The molecule has 1 nitrogen and oxygen atoms in total. The van der Waals surface area contributed by atoms with E-state index >= 15 is 0 Å². The van der Waals surface area contributed by atoms with Gasteiger partial charge < -0.3 is 5.32 Å². The molecule has 2 heteroatoms. The lowest BCUT2D eigenvalue weighted by Gasteiger charge is -2.29. The lowest BCUT2D eigenvalue weighted by Crippen LogP contribution is -2.34. The van der Waals surface area contributed by atoms with E-state index in [2.05, 4.69) is 22.8 Å². The smallest absolute Gasteiger partial charge is 0.0443 e. The molecule has 2 fully saturated rings. The molecule has 1 saturated heterocycles. The van der Waals surface area contributed by atoms with Gasteiger partial charge >= 0.3 is 0 Å². The zero-order valence-corrected chi connectivity index (χ0v) is 8.52. The van der Waals surface area contributed by atoms with Gasteiger partial charge in [-0.2, -0.15) is 0 Å². The zero-order valence-electron chi connectivity index (χ0n) is 7.70. The first-order valence-corrected chi connectivity index (χ1v) is 6.08. The SMILES string of the molecule is c1csc(C2NC[C@@H]3CC[C@H]2C3)c1. The summed E-state index contributed by atoms with van der Waals surface area (Å²) in [6.45, 7) is 1.25. The molecule has 2 bridgehead atoms. The Labute approximate surface area is 83.2 Å². The molecule has 2 aliphatic rings. The number of rotatable bonds is 1. The van der Waals surface area contributed by atoms with Crippen LogP contribution in [0.5, 0.6) is 0 Å². The first-order chi connectivity index (χ1) is 6.43. The second-order valence-electron chi connectivity index (χ2n) is 4.34. The van der Waals surface area contributed by atoms with Crippen molar-refractivity contribution in [1.29, 1.82) is 0 Å². The normalized spacial score (nSPS) is 38.0. The van der Waals surface area contributed by atoms with E-state index in [4.69, 9.17) is 0 Å². The topological polar surface area (TPSA) is 12.0 Å². The van der Waals surface area contributed by atoms with Gasteiger partial charge in [0.2, 0.25) is 0 Å². The fourth-order valence-corrected chi connectivity index (χ4v) is 3.76. The van der Waals surface area contributed by atoms with Crippen molar-refractivity contribution in [2.75, 3.05) is 6.54 Å². The number of thiophene rings is 1. The Hall–Kier alpha value is -0.340. The fourth-order valence-electron chi connectivity index (χ4n) is 2.86. The van der Waals surface area contributed by atoms with Gasteiger partial charge in [-0.1, -0.05) is 6.07 Å². The van der Waals surface area contributed by atoms with Crippen molar-refractivity contribution in [3.8, 4) is 0 Å². The Morgan fingerprint density at radius 1 is 1.38 bits per heavy atom. The van der Waals surface area contributed by atoms with Crippen molar-refractivity contribution in [3.63, 3.8) is 0 Å². The van der Waals surface area contributed by atoms with E-state index < -0.39 is 0 Å². The van der Waals surface area contributed by atoms with E-state index in [0.717, 1.165) is 11.8 Å². The van der Waals surface area contributed by atoms with Gasteiger partial charge in [0.15, 0.2) is 0 Å². The van der Waals surface area contributed by atoms with Crippen LogP contribution in [0.3, 0.4) is 0 Å². The van der Waals surface area contributed by atoms with Crippen LogP contribution in [0.25, 0.3) is 0 Å². The van der Waals surface area contributed by atoms with E-state index in [9.17, 15) is 0 Å². The van der Waals surface area contributed by atoms with E-state index in [1.807, 2.05) is 11.3 Å². The molecule has 1 aliphatic heterocycles. The van der Waals surface area contributed by atoms with Gasteiger partial charge in [-0.05, 0) is 49.1 Å². The summed E-state index contributed by atoms with van der Waals surface area (Å²) in [5, 5.41) is 5.89. The minimum Gasteiger partial charge on any atom is -0.309 e. The Morgan fingerprint density at radius 3 is 3.23 bits per heavy atom. The van der Waals surface area contributed by atoms with Crippen LogP contribution in [-0.2, 0) is 0 Å². The van der Waals surface area contributed by atoms with Crippen molar-refractivity contribution in [2.24, 2.45) is 11.8 Å². The molecule has 3 rings (SSSR count). The third-order valence-corrected chi connectivity index (χ3v) is 4.48. The van der Waals surface area contributed by atoms with E-state index in [-0.39, 0.29) is 0 Å². The fraction of sp³-hybridized carbons (Fsp3) is 0.636. The van der Waals surface area contributed by atoms with Gasteiger partial charge in [-0.3, -0.25) is 0 Å². The molecule has 1 aliphatic carbocycles. The maximum atomic E-state index is 3.69. The third kappa shape index (κ3) is 1.32. The predicted molar refractivity (Wildman–Crippen MR) is 55.9 cm³/mol. The Balaban J connectivity index is 1.84. The van der Waals surface area contributed by atoms with Gasteiger partial charge in [-0.15, -0.1) is 11.3 Å². The van der Waals surface area contributed by atoms with Crippen LogP contribution >= 0.6 is 11.3 Å². The Morgan fingerprint density at radius 2 is 2.38 bits per heavy atom. The Kier molecular flexibility index (Phi) is 1.91. The molecular weight excluding hydrogens is 178 g/mol. The predicted octanol–water partition coefficient (Wildman–Crippen LogP) is 2.81. The second kappa shape index (κ2) is 3.10. The van der Waals surface area contributed by atoms with Crippen molar-refractivity contribution >= 4 is 11.3 Å². The molecule has 13 heavy (non-hydrogen) atoms. The molecule has 0 aromatic carbocycles. The van der Waals surface area contributed by atoms with Crippen molar-refractivity contribution < 1.29 is 0 Å². The molecule has 2 heterocycles. The molecule has 1 N–H and O–H groups in total. The van der Waals surface area contributed by atoms with Crippen LogP contribution in [0.4, 0.5) is 0 Å². The highest BCUT2D eigenvalue weighted by molar-refractivity contribution is 7.10. The molecule has 1 saturated carbocycles. The molecule has 70 valence electrons. The van der Waals surface area contributed by atoms with E-state index in [1.165, 1.54) is 25.8 Å². The number of piperidine rings is 1. The maximum Gasteiger partial charge on any atom is 0.0443 e. The highest BCUT2D eigenvalue weighted by atomic mass is 32.1. The monoisotopic (exact) mass is 193 g/mol. The molecule has 1 unspecified atom stereocenters. The largest absolute Gasteiger partial charge is 0.309 e. The van der Waals surface area contributed by atoms with Crippen LogP contribution in [-0.4, -0.2) is 6.54 Å². The van der Waals surface area contributed by atoms with Crippen LogP contribution in [0.1, 0.15) is 30.2 Å². The van der Waals surface area contributed by atoms with Gasteiger partial charge in [0.05, 0.1) is 0 Å². The number of nitrogens with one attached hydrogen (secondary N) is 1. The summed E-state index contributed by atoms with van der Waals surface area (Å²) in [6, 6.07) is 5.13. The number of hydrogen-bond donors (Lipinski definition) is 1. The maximum absolute atomic E-state index is 3.69. The van der Waals surface area contributed by atoms with Crippen LogP contribution in [0.2, 0.25) is 0 Å². The van der Waals surface area contributed by atoms with Crippen molar-refractivity contribution in [3.05, 3.63) is 22.4 Å². The summed E-state index contributed by atoms with van der Waals surface area (Å²) in [7, 11) is 0. The summed E-state index contributed by atoms with van der Waals surface area (Å²) in [6.07, 6.45) is 4.37. The second-order valence-corrected chi connectivity index (χ2v) is 5.32. The van der Waals surface area contributed by atoms with Crippen LogP contribution < -0.4 is 5.32 Å². The summed E-state index contributed by atoms with van der Waals surface area (Å²) in [5.74, 6) is 1.92. The van der Waals surface area contributed by atoms with Gasteiger partial charge in [0.25, 0.3) is 0 Å². The van der Waals surface area contributed by atoms with Gasteiger partial charge in [-0.25, -0.2) is 0 Å². The molecular formula is C11H15NS. The molecule has 3 atom stereocenters. The Bertz CT molecular complexity index is 280. The number of hydrogen-bond acceptors (Lipinski definition) is 2. The van der Waals surface area contributed by atoms with E-state index in [0.29, 0.717) is 6.04 Å². The summed E-state index contributed by atoms with van der Waals surface area (Å²) >= 11 is 1.90. The summed E-state index contributed by atoms with van der Waals surface area (Å²) < 4.78 is 0. The highest BCUT2D eigenvalue weighted by Gasteiger charge is 2.36. The average molecular weight is 193 g/mol. The average Bonchev–Trinajstić information content (AvgIpc) is 2.77. The van der Waals surface area contributed by atoms with Crippen molar-refractivity contribution in [1.82, 2.24) is 5.32 Å². The van der Waals surface area contributed by atoms with Gasteiger partial charge in [0.1, 0.15) is 0 Å². The molecule has 0 amide bonds. The van der Waals surface area contributed by atoms with E-state index in [1.54, 1.807) is 4.88 Å². The molecule has 1 aromatic rings. The lowest BCUT2D eigenvalue weighted by atomic mass is 9.92. The number of fused-ring (bicyclic) bond motifs is 2. The van der Waals surface area contributed by atoms with Crippen molar-refractivity contribution in [2.45, 2.75) is 25.3 Å². The van der Waals surface area contributed by atoms with Crippen LogP contribution in [0, 0.1) is 11.8 Å². The van der Waals surface area contributed by atoms with Crippen LogP contribution in [0.15, 0.2) is 17.5 Å². The molecule has 0 spiro atoms. The summed E-state index contributed by atoms with van der Waals surface area (Å²) in [5.41, 5.74) is 0. The van der Waals surface area contributed by atoms with Gasteiger partial charge in [0, 0.05) is 10.9 Å². The first kappa shape index (κ1) is 8.01. The summed E-state index contributed by atoms with van der Waals surface area (Å²) in [4.78, 5) is 1.55. The minimum absolute atomic E-state index is 0.679. The third-order valence-electron chi connectivity index (χ3n) is 3.53. The quantitative estimate of drug-likeness (QED) is 0.723. The first-order valence-electron chi connectivity index (χ1n) is 5.20. The molecule has 0 radical (unpaired) electrons. The zero-order chi connectivity index (χ0) is 8.67. The highest BCUT2D eigenvalue weighted by Crippen LogP contribution is 2.43. The lowest BCUT2D eigenvalue weighted by molar-refractivity contribution is 0.296. The standard InChI is InChI=1S/C11H15NS/c1-2-10(13-5-1)11-9-4-3-8(6-9)7-12-11/h1-2,5,8-9,11-12H,3-4,6-7H2/t8-,9+,11?/m1/s1.